The number of fused-ring (bicyclic) bond motifs is 3. The van der Waals surface area contributed by atoms with Crippen LogP contribution in [-0.4, -0.2) is 30.5 Å². The molecule has 0 saturated carbocycles. The van der Waals surface area contributed by atoms with Gasteiger partial charge in [0.1, 0.15) is 6.10 Å². The fourth-order valence-corrected chi connectivity index (χ4v) is 5.02. The number of ether oxygens (including phenoxy) is 1. The maximum absolute atomic E-state index is 13.6. The van der Waals surface area contributed by atoms with Gasteiger partial charge in [-0.15, -0.1) is 0 Å². The fraction of sp³-hybridized carbons (Fsp3) is 0.308. The third kappa shape index (κ3) is 3.02. The Bertz CT molecular complexity index is 1590. The highest BCUT2D eigenvalue weighted by Gasteiger charge is 2.40. The van der Waals surface area contributed by atoms with Gasteiger partial charge in [0.05, 0.1) is 34.4 Å². The van der Waals surface area contributed by atoms with Gasteiger partial charge in [-0.2, -0.15) is 0 Å². The summed E-state index contributed by atoms with van der Waals surface area (Å²) in [5, 5.41) is 20.4. The van der Waals surface area contributed by atoms with Crippen LogP contribution in [0.2, 0.25) is 0 Å². The second kappa shape index (κ2) is 7.36. The Hall–Kier alpha value is -3.78. The predicted molar refractivity (Wildman–Crippen MR) is 129 cm³/mol. The molecule has 8 heteroatoms. The molecule has 5 rings (SSSR count). The Morgan fingerprint density at radius 1 is 1.00 bits per heavy atom. The van der Waals surface area contributed by atoms with E-state index in [4.69, 9.17) is 4.74 Å². The normalized spacial score (nSPS) is 17.1. The number of phenols is 2. The van der Waals surface area contributed by atoms with E-state index in [1.165, 1.54) is 23.7 Å². The second-order valence-corrected chi connectivity index (χ2v) is 9.62. The molecule has 0 radical (unpaired) electrons. The van der Waals surface area contributed by atoms with Crippen molar-refractivity contribution in [3.8, 4) is 22.8 Å². The first-order valence-corrected chi connectivity index (χ1v) is 11.1. The van der Waals surface area contributed by atoms with Gasteiger partial charge in [-0.05, 0) is 50.1 Å². The van der Waals surface area contributed by atoms with Crippen LogP contribution in [0.5, 0.6) is 11.5 Å². The lowest BCUT2D eigenvalue weighted by Gasteiger charge is -2.39. The molecule has 0 fully saturated rings. The van der Waals surface area contributed by atoms with E-state index in [9.17, 15) is 19.8 Å². The van der Waals surface area contributed by atoms with Gasteiger partial charge in [-0.1, -0.05) is 29.8 Å². The average Bonchev–Trinajstić information content (AvgIpc) is 3.16. The Morgan fingerprint density at radius 2 is 1.74 bits per heavy atom. The molecule has 0 unspecified atom stereocenters. The van der Waals surface area contributed by atoms with E-state index in [1.54, 1.807) is 13.1 Å². The summed E-state index contributed by atoms with van der Waals surface area (Å²) in [6.45, 7) is 6.39. The van der Waals surface area contributed by atoms with Crippen molar-refractivity contribution in [1.29, 1.82) is 0 Å². The number of hydrogen-bond acceptors (Lipinski definition) is 5. The summed E-state index contributed by atoms with van der Waals surface area (Å²) < 4.78 is 11.0. The second-order valence-electron chi connectivity index (χ2n) is 9.62. The predicted octanol–water partition coefficient (Wildman–Crippen LogP) is 3.28. The smallest absolute Gasteiger partial charge is 0.331 e. The molecule has 0 spiro atoms. The van der Waals surface area contributed by atoms with E-state index in [-0.39, 0.29) is 17.1 Å². The minimum Gasteiger partial charge on any atom is -0.504 e. The van der Waals surface area contributed by atoms with Crippen LogP contribution >= 0.6 is 0 Å². The van der Waals surface area contributed by atoms with Crippen LogP contribution in [0.3, 0.4) is 0 Å². The van der Waals surface area contributed by atoms with Crippen molar-refractivity contribution < 1.29 is 14.9 Å². The molecule has 34 heavy (non-hydrogen) atoms. The van der Waals surface area contributed by atoms with Crippen molar-refractivity contribution in [1.82, 2.24) is 13.7 Å². The van der Waals surface area contributed by atoms with Crippen LogP contribution in [0, 0.1) is 6.92 Å². The van der Waals surface area contributed by atoms with Gasteiger partial charge < -0.3 is 19.5 Å². The summed E-state index contributed by atoms with van der Waals surface area (Å²) in [4.78, 5) is 26.6. The summed E-state index contributed by atoms with van der Waals surface area (Å²) in [5.41, 5.74) is 3.06. The number of phenolic OH excluding ortho intramolecular Hbond substituents is 2. The minimum absolute atomic E-state index is 0.234. The highest BCUT2D eigenvalue weighted by atomic mass is 16.5. The lowest BCUT2D eigenvalue weighted by atomic mass is 9.97. The van der Waals surface area contributed by atoms with Gasteiger partial charge in [0.2, 0.25) is 0 Å². The number of benzene rings is 2. The van der Waals surface area contributed by atoms with E-state index in [1.807, 2.05) is 45.0 Å². The maximum Gasteiger partial charge on any atom is 0.331 e. The number of aromatic hydroxyl groups is 2. The molecule has 1 aliphatic heterocycles. The first-order valence-electron chi connectivity index (χ1n) is 11.1. The molecule has 0 saturated heterocycles. The quantitative estimate of drug-likeness (QED) is 0.447. The van der Waals surface area contributed by atoms with Crippen LogP contribution in [0.15, 0.2) is 52.1 Å². The molecule has 1 aliphatic rings. The van der Waals surface area contributed by atoms with E-state index in [0.29, 0.717) is 28.8 Å². The number of aryl methyl sites for hydroxylation is 2. The SMILES string of the molecule is Cc1cccc(-c2c3c(=O)n(C)c(=O)n(C)c3c3n2C(C)(C)CO[C@H]3c2ccc(O)c(O)c2)c1. The molecule has 2 aromatic carbocycles. The van der Waals surface area contributed by atoms with Crippen molar-refractivity contribution in [2.75, 3.05) is 6.61 Å². The molecule has 1 atom stereocenters. The van der Waals surface area contributed by atoms with Crippen molar-refractivity contribution in [3.05, 3.63) is 80.1 Å². The number of rotatable bonds is 2. The molecular weight excluding hydrogens is 434 g/mol. The number of aromatic nitrogens is 3. The monoisotopic (exact) mass is 461 g/mol. The Balaban J connectivity index is 2.01. The summed E-state index contributed by atoms with van der Waals surface area (Å²) in [6, 6.07) is 12.5. The topological polar surface area (TPSA) is 98.6 Å². The third-order valence-corrected chi connectivity index (χ3v) is 6.66. The Morgan fingerprint density at radius 3 is 2.41 bits per heavy atom. The first kappa shape index (κ1) is 22.0. The van der Waals surface area contributed by atoms with Crippen molar-refractivity contribution >= 4 is 10.9 Å². The van der Waals surface area contributed by atoms with Crippen molar-refractivity contribution in [2.24, 2.45) is 14.1 Å². The fourth-order valence-electron chi connectivity index (χ4n) is 5.02. The molecule has 3 heterocycles. The van der Waals surface area contributed by atoms with Crippen molar-refractivity contribution in [2.45, 2.75) is 32.4 Å². The standard InChI is InChI=1S/C26H27N3O5/c1-14-7-6-8-15(11-14)20-19-21(27(4)25(33)28(5)24(19)32)22-23(34-13-26(2,3)29(20)22)16-9-10-17(30)18(31)12-16/h6-12,23,30-31H,13H2,1-5H3/t23-/m0/s1. The zero-order chi connectivity index (χ0) is 24.5. The zero-order valence-corrected chi connectivity index (χ0v) is 19.8. The highest BCUT2D eigenvalue weighted by Crippen LogP contribution is 2.46. The molecule has 0 aliphatic carbocycles. The summed E-state index contributed by atoms with van der Waals surface area (Å²) in [6.07, 6.45) is -0.668. The minimum atomic E-state index is -0.668. The van der Waals surface area contributed by atoms with Crippen molar-refractivity contribution in [3.63, 3.8) is 0 Å². The van der Waals surface area contributed by atoms with Crippen LogP contribution in [0.4, 0.5) is 0 Å². The lowest BCUT2D eigenvalue weighted by molar-refractivity contribution is -0.00716. The van der Waals surface area contributed by atoms with Gasteiger partial charge in [0.25, 0.3) is 5.56 Å². The summed E-state index contributed by atoms with van der Waals surface area (Å²) in [5.74, 6) is -0.501. The molecule has 4 aromatic rings. The van der Waals surface area contributed by atoms with Gasteiger partial charge in [-0.25, -0.2) is 4.79 Å². The molecule has 176 valence electrons. The number of hydrogen-bond donors (Lipinski definition) is 2. The van der Waals surface area contributed by atoms with Crippen LogP contribution in [0.1, 0.15) is 36.8 Å². The maximum atomic E-state index is 13.6. The molecule has 2 N–H and O–H groups in total. The first-order chi connectivity index (χ1) is 16.0. The highest BCUT2D eigenvalue weighted by molar-refractivity contribution is 5.97. The Labute approximate surface area is 195 Å². The molecule has 8 nitrogen and oxygen atoms in total. The largest absolute Gasteiger partial charge is 0.504 e. The lowest BCUT2D eigenvalue weighted by Crippen LogP contribution is -2.40. The van der Waals surface area contributed by atoms with Gasteiger partial charge in [0.15, 0.2) is 11.5 Å². The molecule has 0 bridgehead atoms. The molecule has 2 aromatic heterocycles. The van der Waals surface area contributed by atoms with Gasteiger partial charge >= 0.3 is 5.69 Å². The van der Waals surface area contributed by atoms with E-state index < -0.39 is 17.3 Å². The summed E-state index contributed by atoms with van der Waals surface area (Å²) in [7, 11) is 3.13. The van der Waals surface area contributed by atoms with Crippen LogP contribution in [0.25, 0.3) is 22.2 Å². The average molecular weight is 462 g/mol. The number of nitrogens with zero attached hydrogens (tertiary/aromatic N) is 3. The Kier molecular flexibility index (Phi) is 4.77. The van der Waals surface area contributed by atoms with E-state index in [2.05, 4.69) is 4.57 Å². The van der Waals surface area contributed by atoms with Gasteiger partial charge in [-0.3, -0.25) is 13.9 Å². The van der Waals surface area contributed by atoms with Crippen LogP contribution in [-0.2, 0) is 24.4 Å². The van der Waals surface area contributed by atoms with E-state index in [0.717, 1.165) is 21.4 Å². The summed E-state index contributed by atoms with van der Waals surface area (Å²) >= 11 is 0. The zero-order valence-electron chi connectivity index (χ0n) is 19.8. The molecule has 0 amide bonds. The van der Waals surface area contributed by atoms with E-state index >= 15 is 0 Å². The molecular formula is C26H27N3O5. The van der Waals surface area contributed by atoms with Gasteiger partial charge in [0, 0.05) is 14.1 Å². The third-order valence-electron chi connectivity index (χ3n) is 6.66. The van der Waals surface area contributed by atoms with Crippen LogP contribution < -0.4 is 11.2 Å².